The van der Waals surface area contributed by atoms with Gasteiger partial charge in [0.05, 0.1) is 7.11 Å². The molecule has 5 heteroatoms. The number of halogens is 1. The fourth-order valence-electron chi connectivity index (χ4n) is 2.73. The maximum absolute atomic E-state index is 12.4. The molecule has 21 heavy (non-hydrogen) atoms. The maximum Gasteiger partial charge on any atom is 0.328 e. The lowest BCUT2D eigenvalue weighted by atomic mass is 9.97. The summed E-state index contributed by atoms with van der Waals surface area (Å²) >= 11 is 3.40. The molecule has 1 fully saturated rings. The van der Waals surface area contributed by atoms with Gasteiger partial charge in [-0.15, -0.1) is 0 Å². The number of carbonyl (C=O) groups is 2. The first-order chi connectivity index (χ1) is 10.0. The van der Waals surface area contributed by atoms with Gasteiger partial charge in [-0.25, -0.2) is 4.79 Å². The van der Waals surface area contributed by atoms with E-state index in [4.69, 9.17) is 4.74 Å². The van der Waals surface area contributed by atoms with Gasteiger partial charge in [0.1, 0.15) is 6.04 Å². The number of ether oxygens (including phenoxy) is 1. The van der Waals surface area contributed by atoms with E-state index in [1.54, 1.807) is 4.90 Å². The summed E-state index contributed by atoms with van der Waals surface area (Å²) in [4.78, 5) is 25.8. The molecular weight excluding hydrogens is 334 g/mol. The lowest BCUT2D eigenvalue weighted by Crippen LogP contribution is -2.41. The highest BCUT2D eigenvalue weighted by Gasteiger charge is 2.35. The molecule has 1 saturated heterocycles. The number of likely N-dealkylation sites (tertiary alicyclic amines) is 1. The zero-order chi connectivity index (χ0) is 15.4. The summed E-state index contributed by atoms with van der Waals surface area (Å²) in [5.41, 5.74) is 1.13. The summed E-state index contributed by atoms with van der Waals surface area (Å²) < 4.78 is 5.80. The quantitative estimate of drug-likeness (QED) is 0.781. The second-order valence-corrected chi connectivity index (χ2v) is 6.34. The van der Waals surface area contributed by atoms with Crippen molar-refractivity contribution >= 4 is 27.8 Å². The molecule has 0 N–H and O–H groups in total. The second-order valence-electron chi connectivity index (χ2n) is 5.43. The lowest BCUT2D eigenvalue weighted by Gasteiger charge is -2.24. The Hall–Kier alpha value is -1.36. The topological polar surface area (TPSA) is 46.6 Å². The van der Waals surface area contributed by atoms with Crippen molar-refractivity contribution in [3.05, 3.63) is 34.3 Å². The van der Waals surface area contributed by atoms with Crippen molar-refractivity contribution < 1.29 is 14.3 Å². The standard InChI is InChI=1S/C16H20BrNO3/c1-11(12-5-7-13(17)8-6-12)10-15(19)18-9-3-4-14(18)16(20)21-2/h5-8,11,14H,3-4,9-10H2,1-2H3. The first kappa shape index (κ1) is 16.0. The Morgan fingerprint density at radius 3 is 2.67 bits per heavy atom. The minimum absolute atomic E-state index is 0.0262. The van der Waals surface area contributed by atoms with Crippen LogP contribution < -0.4 is 0 Å². The Bertz CT molecular complexity index is 515. The smallest absolute Gasteiger partial charge is 0.328 e. The van der Waals surface area contributed by atoms with E-state index >= 15 is 0 Å². The lowest BCUT2D eigenvalue weighted by molar-refractivity contribution is -0.151. The Morgan fingerprint density at radius 1 is 1.38 bits per heavy atom. The SMILES string of the molecule is COC(=O)C1CCCN1C(=O)CC(C)c1ccc(Br)cc1. The van der Waals surface area contributed by atoms with Crippen LogP contribution in [0, 0.1) is 0 Å². The van der Waals surface area contributed by atoms with Crippen molar-refractivity contribution in [2.75, 3.05) is 13.7 Å². The van der Waals surface area contributed by atoms with Crippen LogP contribution in [0.5, 0.6) is 0 Å². The largest absolute Gasteiger partial charge is 0.467 e. The molecule has 0 aliphatic carbocycles. The molecule has 1 aliphatic heterocycles. The average Bonchev–Trinajstić information content (AvgIpc) is 2.96. The molecule has 2 rings (SSSR count). The van der Waals surface area contributed by atoms with Crippen LogP contribution in [0.2, 0.25) is 0 Å². The van der Waals surface area contributed by atoms with E-state index in [1.807, 2.05) is 31.2 Å². The van der Waals surface area contributed by atoms with E-state index in [0.717, 1.165) is 16.5 Å². The minimum Gasteiger partial charge on any atom is -0.467 e. The van der Waals surface area contributed by atoms with Gasteiger partial charge in [0.2, 0.25) is 5.91 Å². The molecule has 114 valence electrons. The van der Waals surface area contributed by atoms with E-state index in [1.165, 1.54) is 7.11 Å². The predicted octanol–water partition coefficient (Wildman–Crippen LogP) is 3.11. The third-order valence-electron chi connectivity index (χ3n) is 3.97. The number of nitrogens with zero attached hydrogens (tertiary/aromatic N) is 1. The summed E-state index contributed by atoms with van der Waals surface area (Å²) in [6, 6.07) is 7.58. The molecule has 2 atom stereocenters. The molecule has 0 aromatic heterocycles. The fourth-order valence-corrected chi connectivity index (χ4v) is 3.00. The molecule has 1 aliphatic rings. The summed E-state index contributed by atoms with van der Waals surface area (Å²) in [7, 11) is 1.37. The van der Waals surface area contributed by atoms with Crippen LogP contribution in [-0.2, 0) is 14.3 Å². The predicted molar refractivity (Wildman–Crippen MR) is 83.9 cm³/mol. The molecule has 1 amide bonds. The zero-order valence-electron chi connectivity index (χ0n) is 12.3. The number of benzene rings is 1. The summed E-state index contributed by atoms with van der Waals surface area (Å²) in [6.45, 7) is 2.68. The number of rotatable bonds is 4. The molecule has 1 heterocycles. The molecule has 0 saturated carbocycles. The van der Waals surface area contributed by atoms with Gasteiger partial charge in [0, 0.05) is 17.4 Å². The van der Waals surface area contributed by atoms with Crippen LogP contribution in [0.25, 0.3) is 0 Å². The van der Waals surface area contributed by atoms with Gasteiger partial charge in [0.15, 0.2) is 0 Å². The number of hydrogen-bond donors (Lipinski definition) is 0. The van der Waals surface area contributed by atoms with Crippen LogP contribution in [0.4, 0.5) is 0 Å². The average molecular weight is 354 g/mol. The van der Waals surface area contributed by atoms with Crippen molar-refractivity contribution in [2.45, 2.75) is 38.1 Å². The van der Waals surface area contributed by atoms with Gasteiger partial charge in [-0.1, -0.05) is 35.0 Å². The van der Waals surface area contributed by atoms with Crippen molar-refractivity contribution in [3.8, 4) is 0 Å². The first-order valence-corrected chi connectivity index (χ1v) is 7.95. The maximum atomic E-state index is 12.4. The monoisotopic (exact) mass is 353 g/mol. The highest BCUT2D eigenvalue weighted by Crippen LogP contribution is 2.25. The zero-order valence-corrected chi connectivity index (χ0v) is 13.9. The summed E-state index contributed by atoms with van der Waals surface area (Å²) in [5.74, 6) is -0.153. The van der Waals surface area contributed by atoms with Gasteiger partial charge in [0.25, 0.3) is 0 Å². The highest BCUT2D eigenvalue weighted by atomic mass is 79.9. The van der Waals surface area contributed by atoms with Crippen molar-refractivity contribution in [3.63, 3.8) is 0 Å². The Morgan fingerprint density at radius 2 is 2.05 bits per heavy atom. The third kappa shape index (κ3) is 3.84. The normalized spacial score (nSPS) is 19.4. The molecule has 0 spiro atoms. The van der Waals surface area contributed by atoms with Crippen LogP contribution in [0.1, 0.15) is 37.7 Å². The molecule has 2 unspecified atom stereocenters. The van der Waals surface area contributed by atoms with Gasteiger partial charge >= 0.3 is 5.97 Å². The third-order valence-corrected chi connectivity index (χ3v) is 4.49. The fraction of sp³-hybridized carbons (Fsp3) is 0.500. The van der Waals surface area contributed by atoms with Crippen molar-refractivity contribution in [1.82, 2.24) is 4.90 Å². The molecule has 1 aromatic rings. The molecule has 1 aromatic carbocycles. The Labute approximate surface area is 133 Å². The molecule has 4 nitrogen and oxygen atoms in total. The van der Waals surface area contributed by atoms with Crippen LogP contribution in [0.15, 0.2) is 28.7 Å². The van der Waals surface area contributed by atoms with E-state index in [2.05, 4.69) is 15.9 Å². The van der Waals surface area contributed by atoms with Gasteiger partial charge in [-0.3, -0.25) is 4.79 Å². The molecule has 0 bridgehead atoms. The van der Waals surface area contributed by atoms with Crippen LogP contribution in [-0.4, -0.2) is 36.5 Å². The van der Waals surface area contributed by atoms with Crippen LogP contribution >= 0.6 is 15.9 Å². The van der Waals surface area contributed by atoms with Gasteiger partial charge in [-0.2, -0.15) is 0 Å². The second kappa shape index (κ2) is 7.07. The Kier molecular flexibility index (Phi) is 5.39. The van der Waals surface area contributed by atoms with Crippen LogP contribution in [0.3, 0.4) is 0 Å². The number of hydrogen-bond acceptors (Lipinski definition) is 3. The number of esters is 1. The molecular formula is C16H20BrNO3. The van der Waals surface area contributed by atoms with Gasteiger partial charge in [-0.05, 0) is 36.5 Å². The number of carbonyl (C=O) groups excluding carboxylic acids is 2. The Balaban J connectivity index is 2.00. The highest BCUT2D eigenvalue weighted by molar-refractivity contribution is 9.10. The molecule has 0 radical (unpaired) electrons. The first-order valence-electron chi connectivity index (χ1n) is 7.15. The summed E-state index contributed by atoms with van der Waals surface area (Å²) in [5, 5.41) is 0. The van der Waals surface area contributed by atoms with Gasteiger partial charge < -0.3 is 9.64 Å². The minimum atomic E-state index is -0.403. The number of methoxy groups -OCH3 is 1. The van der Waals surface area contributed by atoms with E-state index in [0.29, 0.717) is 19.4 Å². The van der Waals surface area contributed by atoms with E-state index < -0.39 is 6.04 Å². The number of amides is 1. The van der Waals surface area contributed by atoms with E-state index in [-0.39, 0.29) is 17.8 Å². The van der Waals surface area contributed by atoms with Crippen molar-refractivity contribution in [1.29, 1.82) is 0 Å². The summed E-state index contributed by atoms with van der Waals surface area (Å²) in [6.07, 6.45) is 1.97. The van der Waals surface area contributed by atoms with Crippen molar-refractivity contribution in [2.24, 2.45) is 0 Å². The van der Waals surface area contributed by atoms with E-state index in [9.17, 15) is 9.59 Å².